The van der Waals surface area contributed by atoms with Gasteiger partial charge in [0.15, 0.2) is 0 Å². The van der Waals surface area contributed by atoms with Crippen molar-refractivity contribution >= 4 is 39.6 Å². The number of nitrogens with one attached hydrogen (secondary N) is 2. The Kier molecular flexibility index (Phi) is 5.43. The highest BCUT2D eigenvalue weighted by atomic mass is 16.5. The van der Waals surface area contributed by atoms with Gasteiger partial charge in [-0.3, -0.25) is 19.4 Å². The summed E-state index contributed by atoms with van der Waals surface area (Å²) in [6.45, 7) is 7.80. The predicted molar refractivity (Wildman–Crippen MR) is 132 cm³/mol. The average molecular weight is 471 g/mol. The third kappa shape index (κ3) is 3.92. The number of hydrogen-bond acceptors (Lipinski definition) is 7. The van der Waals surface area contributed by atoms with E-state index in [0.717, 1.165) is 60.0 Å². The Morgan fingerprint density at radius 2 is 1.91 bits per heavy atom. The van der Waals surface area contributed by atoms with Crippen molar-refractivity contribution in [1.29, 1.82) is 0 Å². The van der Waals surface area contributed by atoms with Crippen molar-refractivity contribution in [3.8, 4) is 0 Å². The maximum absolute atomic E-state index is 13.3. The largest absolute Gasteiger partial charge is 0.379 e. The first-order valence-electron chi connectivity index (χ1n) is 11.8. The average Bonchev–Trinajstić information content (AvgIpc) is 3.15. The molecule has 9 nitrogen and oxygen atoms in total. The van der Waals surface area contributed by atoms with Crippen molar-refractivity contribution in [1.82, 2.24) is 20.2 Å². The first kappa shape index (κ1) is 21.7. The Balaban J connectivity index is 1.27. The minimum atomic E-state index is -0.546. The van der Waals surface area contributed by atoms with Crippen molar-refractivity contribution < 1.29 is 14.3 Å². The van der Waals surface area contributed by atoms with Crippen LogP contribution in [0.5, 0.6) is 0 Å². The highest BCUT2D eigenvalue weighted by Crippen LogP contribution is 2.43. The van der Waals surface area contributed by atoms with E-state index in [2.05, 4.69) is 32.1 Å². The molecule has 2 fully saturated rings. The van der Waals surface area contributed by atoms with Crippen LogP contribution in [0.2, 0.25) is 0 Å². The molecule has 9 heteroatoms. The van der Waals surface area contributed by atoms with Crippen molar-refractivity contribution in [3.63, 3.8) is 0 Å². The molecule has 3 aromatic rings. The molecule has 0 bridgehead atoms. The van der Waals surface area contributed by atoms with E-state index >= 15 is 0 Å². The summed E-state index contributed by atoms with van der Waals surface area (Å²) in [5.74, 6) is 0.436. The van der Waals surface area contributed by atoms with Crippen molar-refractivity contribution in [3.05, 3.63) is 66.4 Å². The van der Waals surface area contributed by atoms with Gasteiger partial charge in [-0.25, -0.2) is 9.97 Å². The van der Waals surface area contributed by atoms with E-state index in [1.165, 1.54) is 0 Å². The van der Waals surface area contributed by atoms with Gasteiger partial charge in [0.25, 0.3) is 5.91 Å². The van der Waals surface area contributed by atoms with Crippen LogP contribution in [0, 0.1) is 0 Å². The van der Waals surface area contributed by atoms with Gasteiger partial charge in [0.2, 0.25) is 5.91 Å². The zero-order valence-electron chi connectivity index (χ0n) is 19.3. The third-order valence-corrected chi connectivity index (χ3v) is 6.81. The number of benzene rings is 2. The molecule has 3 aliphatic rings. The van der Waals surface area contributed by atoms with Crippen LogP contribution in [0.15, 0.2) is 55.0 Å². The number of rotatable bonds is 5. The summed E-state index contributed by atoms with van der Waals surface area (Å²) in [5.41, 5.74) is 3.68. The van der Waals surface area contributed by atoms with Gasteiger partial charge in [-0.05, 0) is 31.0 Å². The Labute approximate surface area is 202 Å². The highest BCUT2D eigenvalue weighted by molar-refractivity contribution is 6.28. The van der Waals surface area contributed by atoms with E-state index < -0.39 is 6.04 Å². The molecule has 2 N–H and O–H groups in total. The quantitative estimate of drug-likeness (QED) is 0.591. The van der Waals surface area contributed by atoms with Crippen LogP contribution in [0.3, 0.4) is 0 Å². The topological polar surface area (TPSA) is 99.7 Å². The maximum Gasteiger partial charge on any atom is 0.259 e. The number of piperidine rings is 1. The first-order chi connectivity index (χ1) is 17.1. The summed E-state index contributed by atoms with van der Waals surface area (Å²) in [5, 5.41) is 7.96. The number of allylic oxidation sites excluding steroid dienone is 1. The van der Waals surface area contributed by atoms with Gasteiger partial charge in [-0.1, -0.05) is 18.7 Å². The number of amides is 2. The fourth-order valence-electron chi connectivity index (χ4n) is 5.05. The van der Waals surface area contributed by atoms with Crippen LogP contribution in [-0.2, 0) is 16.1 Å². The van der Waals surface area contributed by atoms with Crippen LogP contribution in [-0.4, -0.2) is 59.0 Å². The summed E-state index contributed by atoms with van der Waals surface area (Å²) in [4.78, 5) is 39.0. The Bertz CT molecular complexity index is 1330. The molecule has 3 aliphatic heterocycles. The maximum atomic E-state index is 13.3. The molecule has 0 aliphatic carbocycles. The molecule has 1 aromatic heterocycles. The number of nitrogens with zero attached hydrogens (tertiary/aromatic N) is 4. The molecular formula is C26H26N6O3. The molecule has 6 rings (SSSR count). The van der Waals surface area contributed by atoms with Crippen molar-refractivity contribution in [2.24, 2.45) is 0 Å². The number of ether oxygens (including phenoxy) is 1. The van der Waals surface area contributed by atoms with Crippen LogP contribution in [0.4, 0.5) is 17.1 Å². The van der Waals surface area contributed by atoms with Crippen molar-refractivity contribution in [2.45, 2.75) is 25.4 Å². The number of hydrogen-bond donors (Lipinski definition) is 2. The molecule has 35 heavy (non-hydrogen) atoms. The smallest absolute Gasteiger partial charge is 0.259 e. The molecule has 2 saturated heterocycles. The molecule has 0 radical (unpaired) electrons. The van der Waals surface area contributed by atoms with Crippen LogP contribution < -0.4 is 15.5 Å². The van der Waals surface area contributed by atoms with E-state index in [-0.39, 0.29) is 11.8 Å². The van der Waals surface area contributed by atoms with Gasteiger partial charge >= 0.3 is 0 Å². The summed E-state index contributed by atoms with van der Waals surface area (Å²) < 4.78 is 5.40. The standard InChI is InChI=1S/C26H26N6O3/c1-16-5-7-22(25(33)29-16)32-21-8-6-20(18-3-2-4-19(24(18)21)26(32)34)30-17-13-27-23(28-14-17)15-31-9-11-35-12-10-31/h2-4,6,8,13-14,22,30H,1,5,7,9-12,15H2,(H,29,33). The molecule has 2 aromatic carbocycles. The zero-order valence-corrected chi connectivity index (χ0v) is 19.3. The number of morpholine rings is 1. The number of aromatic nitrogens is 2. The molecule has 0 spiro atoms. The predicted octanol–water partition coefficient (Wildman–Crippen LogP) is 2.96. The monoisotopic (exact) mass is 470 g/mol. The lowest BCUT2D eigenvalue weighted by molar-refractivity contribution is -0.122. The molecule has 1 unspecified atom stereocenters. The first-order valence-corrected chi connectivity index (χ1v) is 11.8. The van der Waals surface area contributed by atoms with Crippen LogP contribution in [0.25, 0.3) is 10.8 Å². The molecular weight excluding hydrogens is 444 g/mol. The Morgan fingerprint density at radius 3 is 2.69 bits per heavy atom. The number of carbonyl (C=O) groups is 2. The molecule has 0 saturated carbocycles. The van der Waals surface area contributed by atoms with Crippen molar-refractivity contribution in [2.75, 3.05) is 36.5 Å². The van der Waals surface area contributed by atoms with Crippen LogP contribution in [0.1, 0.15) is 29.0 Å². The van der Waals surface area contributed by atoms with Gasteiger partial charge in [0, 0.05) is 40.8 Å². The second-order valence-corrected chi connectivity index (χ2v) is 9.08. The second-order valence-electron chi connectivity index (χ2n) is 9.08. The fourth-order valence-corrected chi connectivity index (χ4v) is 5.05. The van der Waals surface area contributed by atoms with E-state index in [1.807, 2.05) is 30.3 Å². The lowest BCUT2D eigenvalue weighted by Crippen LogP contribution is -2.51. The second kappa shape index (κ2) is 8.75. The highest BCUT2D eigenvalue weighted by Gasteiger charge is 2.40. The van der Waals surface area contributed by atoms with Gasteiger partial charge in [-0.15, -0.1) is 0 Å². The van der Waals surface area contributed by atoms with E-state index in [1.54, 1.807) is 17.3 Å². The van der Waals surface area contributed by atoms with Gasteiger partial charge < -0.3 is 15.4 Å². The summed E-state index contributed by atoms with van der Waals surface area (Å²) in [6, 6.07) is 8.98. The van der Waals surface area contributed by atoms with E-state index in [0.29, 0.717) is 30.6 Å². The lowest BCUT2D eigenvalue weighted by Gasteiger charge is -2.31. The molecule has 178 valence electrons. The lowest BCUT2D eigenvalue weighted by atomic mass is 10.0. The Morgan fingerprint density at radius 1 is 1.11 bits per heavy atom. The summed E-state index contributed by atoms with van der Waals surface area (Å²) in [7, 11) is 0. The van der Waals surface area contributed by atoms with Gasteiger partial charge in [0.05, 0.1) is 43.5 Å². The molecule has 4 heterocycles. The zero-order chi connectivity index (χ0) is 23.9. The minimum absolute atomic E-state index is 0.147. The summed E-state index contributed by atoms with van der Waals surface area (Å²) >= 11 is 0. The minimum Gasteiger partial charge on any atom is -0.379 e. The summed E-state index contributed by atoms with van der Waals surface area (Å²) in [6.07, 6.45) is 4.77. The van der Waals surface area contributed by atoms with E-state index in [9.17, 15) is 9.59 Å². The van der Waals surface area contributed by atoms with Crippen LogP contribution >= 0.6 is 0 Å². The number of carbonyl (C=O) groups excluding carboxylic acids is 2. The normalized spacial score (nSPS) is 20.4. The van der Waals surface area contributed by atoms with Gasteiger partial charge in [-0.2, -0.15) is 0 Å². The SMILES string of the molecule is C=C1CCC(N2C(=O)c3cccc4c(Nc5cnc(CN6CCOCC6)nc5)ccc2c34)C(=O)N1. The number of anilines is 3. The van der Waals surface area contributed by atoms with E-state index in [4.69, 9.17) is 4.74 Å². The third-order valence-electron chi connectivity index (χ3n) is 6.81. The van der Waals surface area contributed by atoms with Gasteiger partial charge in [0.1, 0.15) is 11.9 Å². The fraction of sp³-hybridized carbons (Fsp3) is 0.308. The molecule has 2 amide bonds. The Hall–Kier alpha value is -3.82. The molecule has 1 atom stereocenters.